The molecule has 0 aromatic rings. The summed E-state index contributed by atoms with van der Waals surface area (Å²) in [5.41, 5.74) is -0.357. The summed E-state index contributed by atoms with van der Waals surface area (Å²) in [6.07, 6.45) is -0.410. The van der Waals surface area contributed by atoms with Gasteiger partial charge in [-0.3, -0.25) is 4.79 Å². The zero-order valence-electron chi connectivity index (χ0n) is 10.7. The number of rotatable bonds is 3. The summed E-state index contributed by atoms with van der Waals surface area (Å²) in [4.78, 5) is 12.1. The molecule has 2 saturated carbocycles. The summed E-state index contributed by atoms with van der Waals surface area (Å²) in [7, 11) is 0. The normalized spacial score (nSPS) is 30.5. The van der Waals surface area contributed by atoms with Gasteiger partial charge in [-0.15, -0.1) is 11.6 Å². The Kier molecular flexibility index (Phi) is 4.33. The van der Waals surface area contributed by atoms with E-state index in [1.165, 1.54) is 0 Å². The second-order valence-corrected chi connectivity index (χ2v) is 6.13. The van der Waals surface area contributed by atoms with E-state index < -0.39 is 18.0 Å². The van der Waals surface area contributed by atoms with Gasteiger partial charge in [0.15, 0.2) is 0 Å². The molecule has 0 aliphatic heterocycles. The van der Waals surface area contributed by atoms with Crippen LogP contribution < -0.4 is 5.32 Å². The lowest BCUT2D eigenvalue weighted by Gasteiger charge is -2.42. The lowest BCUT2D eigenvalue weighted by Crippen LogP contribution is -2.56. The van der Waals surface area contributed by atoms with E-state index in [1.807, 2.05) is 0 Å². The van der Waals surface area contributed by atoms with E-state index in [4.69, 9.17) is 11.6 Å². The van der Waals surface area contributed by atoms with Crippen molar-refractivity contribution in [3.05, 3.63) is 0 Å². The molecule has 19 heavy (non-hydrogen) atoms. The van der Waals surface area contributed by atoms with Crippen molar-refractivity contribution in [2.75, 3.05) is 5.88 Å². The summed E-state index contributed by atoms with van der Waals surface area (Å²) in [6.45, 7) is 0. The van der Waals surface area contributed by atoms with E-state index in [9.17, 15) is 18.0 Å². The minimum absolute atomic E-state index is 0.0757. The van der Waals surface area contributed by atoms with Crippen molar-refractivity contribution >= 4 is 17.5 Å². The van der Waals surface area contributed by atoms with Gasteiger partial charge in [0, 0.05) is 11.8 Å². The summed E-state index contributed by atoms with van der Waals surface area (Å²) in [5, 5.41) is 2.88. The highest BCUT2D eigenvalue weighted by molar-refractivity contribution is 6.18. The van der Waals surface area contributed by atoms with Crippen molar-refractivity contribution in [3.63, 3.8) is 0 Å². The molecule has 0 bridgehead atoms. The molecule has 0 radical (unpaired) electrons. The molecular weight excluding hydrogens is 279 g/mol. The zero-order chi connectivity index (χ0) is 14.1. The molecule has 0 aromatic carbocycles. The monoisotopic (exact) mass is 297 g/mol. The first-order valence-electron chi connectivity index (χ1n) is 6.81. The molecule has 6 heteroatoms. The van der Waals surface area contributed by atoms with Crippen molar-refractivity contribution < 1.29 is 18.0 Å². The molecule has 2 aliphatic carbocycles. The first-order chi connectivity index (χ1) is 8.86. The number of halogens is 4. The van der Waals surface area contributed by atoms with E-state index in [0.717, 1.165) is 19.3 Å². The van der Waals surface area contributed by atoms with Gasteiger partial charge in [0.2, 0.25) is 5.91 Å². The van der Waals surface area contributed by atoms with Crippen LogP contribution in [0.4, 0.5) is 13.2 Å². The van der Waals surface area contributed by atoms with Crippen LogP contribution in [0.2, 0.25) is 0 Å². The van der Waals surface area contributed by atoms with Crippen molar-refractivity contribution in [2.24, 2.45) is 11.8 Å². The molecule has 0 saturated heterocycles. The first-order valence-corrected chi connectivity index (χ1v) is 7.34. The van der Waals surface area contributed by atoms with Crippen LogP contribution in [0, 0.1) is 11.8 Å². The van der Waals surface area contributed by atoms with Gasteiger partial charge in [-0.05, 0) is 38.5 Å². The Bertz CT molecular complexity index is 336. The van der Waals surface area contributed by atoms with E-state index >= 15 is 0 Å². The van der Waals surface area contributed by atoms with Gasteiger partial charge >= 0.3 is 6.18 Å². The average molecular weight is 298 g/mol. The smallest absolute Gasteiger partial charge is 0.349 e. The first kappa shape index (κ1) is 14.9. The third kappa shape index (κ3) is 3.36. The fourth-order valence-electron chi connectivity index (χ4n) is 2.98. The number of carbonyl (C=O) groups is 1. The second-order valence-electron chi connectivity index (χ2n) is 5.86. The van der Waals surface area contributed by atoms with Gasteiger partial charge in [-0.25, -0.2) is 0 Å². The predicted molar refractivity (Wildman–Crippen MR) is 66.9 cm³/mol. The number of hydrogen-bond donors (Lipinski definition) is 1. The average Bonchev–Trinajstić information content (AvgIpc) is 2.32. The summed E-state index contributed by atoms with van der Waals surface area (Å²) in [6, 6.07) is 0. The molecule has 0 aromatic heterocycles. The Labute approximate surface area is 116 Å². The van der Waals surface area contributed by atoms with Gasteiger partial charge < -0.3 is 5.32 Å². The molecular formula is C13H19ClF3NO. The van der Waals surface area contributed by atoms with Gasteiger partial charge in [-0.1, -0.05) is 6.42 Å². The molecule has 1 N–H and O–H groups in total. The summed E-state index contributed by atoms with van der Waals surface area (Å²) >= 11 is 5.85. The van der Waals surface area contributed by atoms with Crippen molar-refractivity contribution in [1.29, 1.82) is 0 Å². The van der Waals surface area contributed by atoms with Crippen LogP contribution in [0.25, 0.3) is 0 Å². The van der Waals surface area contributed by atoms with Gasteiger partial charge in [0.05, 0.1) is 11.5 Å². The largest absolute Gasteiger partial charge is 0.391 e. The Hall–Kier alpha value is -0.450. The molecule has 2 aliphatic rings. The maximum absolute atomic E-state index is 12.7. The van der Waals surface area contributed by atoms with Gasteiger partial charge in [0.25, 0.3) is 0 Å². The van der Waals surface area contributed by atoms with Crippen molar-refractivity contribution in [3.8, 4) is 0 Å². The Morgan fingerprint density at radius 2 is 1.95 bits per heavy atom. The van der Waals surface area contributed by atoms with E-state index in [1.54, 1.807) is 0 Å². The van der Waals surface area contributed by atoms with Crippen molar-refractivity contribution in [1.82, 2.24) is 5.32 Å². The molecule has 2 rings (SSSR count). The van der Waals surface area contributed by atoms with E-state index in [-0.39, 0.29) is 24.3 Å². The molecule has 2 atom stereocenters. The predicted octanol–water partition coefficient (Wildman–Crippen LogP) is 3.63. The fourth-order valence-corrected chi connectivity index (χ4v) is 3.32. The summed E-state index contributed by atoms with van der Waals surface area (Å²) < 4.78 is 38.1. The maximum Gasteiger partial charge on any atom is 0.391 e. The zero-order valence-corrected chi connectivity index (χ0v) is 11.5. The minimum atomic E-state index is -4.18. The van der Waals surface area contributed by atoms with Crippen LogP contribution in [0.1, 0.15) is 44.9 Å². The quantitative estimate of drug-likeness (QED) is 0.792. The third-order valence-corrected chi connectivity index (χ3v) is 4.97. The number of nitrogens with one attached hydrogen (secondary N) is 1. The highest BCUT2D eigenvalue weighted by atomic mass is 35.5. The van der Waals surface area contributed by atoms with Crippen LogP contribution >= 0.6 is 11.6 Å². The van der Waals surface area contributed by atoms with Crippen LogP contribution in [0.3, 0.4) is 0 Å². The molecule has 0 spiro atoms. The molecule has 2 nitrogen and oxygen atoms in total. The fraction of sp³-hybridized carbons (Fsp3) is 0.923. The number of amides is 1. The topological polar surface area (TPSA) is 29.1 Å². The van der Waals surface area contributed by atoms with Crippen LogP contribution in [0.5, 0.6) is 0 Å². The number of alkyl halides is 4. The Morgan fingerprint density at radius 1 is 1.26 bits per heavy atom. The van der Waals surface area contributed by atoms with Gasteiger partial charge in [-0.2, -0.15) is 13.2 Å². The van der Waals surface area contributed by atoms with Crippen molar-refractivity contribution in [2.45, 2.75) is 56.7 Å². The van der Waals surface area contributed by atoms with Crippen LogP contribution in [-0.4, -0.2) is 23.5 Å². The molecule has 2 fully saturated rings. The van der Waals surface area contributed by atoms with E-state index in [2.05, 4.69) is 5.32 Å². The Morgan fingerprint density at radius 3 is 2.42 bits per heavy atom. The Balaban J connectivity index is 1.92. The lowest BCUT2D eigenvalue weighted by molar-refractivity contribution is -0.186. The maximum atomic E-state index is 12.7. The van der Waals surface area contributed by atoms with Gasteiger partial charge in [0.1, 0.15) is 0 Å². The molecule has 110 valence electrons. The molecule has 1 amide bonds. The number of hydrogen-bond acceptors (Lipinski definition) is 1. The molecule has 2 unspecified atom stereocenters. The highest BCUT2D eigenvalue weighted by Crippen LogP contribution is 2.41. The standard InChI is InChI=1S/C13H19ClF3NO/c14-8-12(5-2-6-12)18-11(19)9-3-1-4-10(7-9)13(15,16)17/h9-10H,1-8H2,(H,18,19). The number of carbonyl (C=O) groups excluding carboxylic acids is 1. The highest BCUT2D eigenvalue weighted by Gasteiger charge is 2.45. The minimum Gasteiger partial charge on any atom is -0.349 e. The lowest BCUT2D eigenvalue weighted by atomic mass is 9.76. The SMILES string of the molecule is O=C(NC1(CCl)CCC1)C1CCCC(C(F)(F)F)C1. The van der Waals surface area contributed by atoms with E-state index in [0.29, 0.717) is 18.7 Å². The second kappa shape index (κ2) is 5.51. The molecule has 0 heterocycles. The summed E-state index contributed by atoms with van der Waals surface area (Å²) in [5.74, 6) is -1.74. The van der Waals surface area contributed by atoms with Crippen LogP contribution in [-0.2, 0) is 4.79 Å². The van der Waals surface area contributed by atoms with Crippen LogP contribution in [0.15, 0.2) is 0 Å². The third-order valence-electron chi connectivity index (χ3n) is 4.46.